The molecule has 8 heavy (non-hydrogen) atoms. The van der Waals surface area contributed by atoms with Crippen molar-refractivity contribution in [2.75, 3.05) is 5.33 Å². The Hall–Kier alpha value is 0.150. The van der Waals surface area contributed by atoms with Crippen LogP contribution in [0.5, 0.6) is 0 Å². The Bertz CT molecular complexity index is 86.5. The Morgan fingerprint density at radius 1 is 1.62 bits per heavy atom. The van der Waals surface area contributed by atoms with E-state index in [1.54, 1.807) is 0 Å². The van der Waals surface area contributed by atoms with Gasteiger partial charge in [0.1, 0.15) is 6.29 Å². The predicted octanol–water partition coefficient (Wildman–Crippen LogP) is 1.61. The molecule has 0 aromatic heterocycles. The van der Waals surface area contributed by atoms with Crippen molar-refractivity contribution in [2.45, 2.75) is 12.8 Å². The minimum absolute atomic E-state index is 0.387. The lowest BCUT2D eigenvalue weighted by atomic mass is 9.77. The Labute approximate surface area is 57.6 Å². The summed E-state index contributed by atoms with van der Waals surface area (Å²) < 4.78 is 0. The summed E-state index contributed by atoms with van der Waals surface area (Å²) in [6.45, 7) is 0. The van der Waals surface area contributed by atoms with Crippen molar-refractivity contribution in [3.05, 3.63) is 0 Å². The summed E-state index contributed by atoms with van der Waals surface area (Å²) in [6.07, 6.45) is 3.28. The fourth-order valence-electron chi connectivity index (χ4n) is 1.02. The lowest BCUT2D eigenvalue weighted by Crippen LogP contribution is -2.25. The van der Waals surface area contributed by atoms with Gasteiger partial charge in [-0.05, 0) is 18.8 Å². The molecule has 1 rings (SSSR count). The molecule has 0 aromatic rings. The maximum absolute atomic E-state index is 10.0. The second-order valence-corrected chi connectivity index (χ2v) is 3.04. The first-order chi connectivity index (χ1) is 3.86. The molecule has 0 unspecified atom stereocenters. The Balaban J connectivity index is 2.11. The Kier molecular flexibility index (Phi) is 2.06. The van der Waals surface area contributed by atoms with Crippen LogP contribution in [0.15, 0.2) is 0 Å². The van der Waals surface area contributed by atoms with E-state index in [0.29, 0.717) is 5.92 Å². The smallest absolute Gasteiger partial charge is 0.123 e. The maximum atomic E-state index is 10.0. The molecule has 0 N–H and O–H groups in total. The van der Waals surface area contributed by atoms with Crippen LogP contribution in [-0.2, 0) is 4.79 Å². The minimum Gasteiger partial charge on any atom is -0.303 e. The quantitative estimate of drug-likeness (QED) is 0.462. The van der Waals surface area contributed by atoms with Gasteiger partial charge < -0.3 is 4.79 Å². The maximum Gasteiger partial charge on any atom is 0.123 e. The first kappa shape index (κ1) is 6.27. The monoisotopic (exact) mass is 176 g/mol. The van der Waals surface area contributed by atoms with Crippen LogP contribution in [0.1, 0.15) is 12.8 Å². The molecule has 0 bridgehead atoms. The third-order valence-corrected chi connectivity index (χ3v) is 2.60. The standard InChI is InChI=1S/C6H9BrO/c7-3-5-1-6(2-5)4-8/h4-6H,1-3H2. The molecular weight excluding hydrogens is 168 g/mol. The van der Waals surface area contributed by atoms with E-state index in [9.17, 15) is 4.79 Å². The average molecular weight is 177 g/mol. The minimum atomic E-state index is 0.387. The van der Waals surface area contributed by atoms with Crippen LogP contribution in [0.3, 0.4) is 0 Å². The Morgan fingerprint density at radius 3 is 2.62 bits per heavy atom. The second kappa shape index (κ2) is 2.62. The highest BCUT2D eigenvalue weighted by Gasteiger charge is 2.26. The molecule has 1 fully saturated rings. The van der Waals surface area contributed by atoms with Crippen molar-refractivity contribution in [2.24, 2.45) is 11.8 Å². The van der Waals surface area contributed by atoms with Crippen LogP contribution in [0.2, 0.25) is 0 Å². The number of carbonyl (C=O) groups is 1. The van der Waals surface area contributed by atoms with E-state index in [1.807, 2.05) is 0 Å². The van der Waals surface area contributed by atoms with Gasteiger partial charge in [0.2, 0.25) is 0 Å². The molecule has 0 spiro atoms. The van der Waals surface area contributed by atoms with Crippen molar-refractivity contribution in [1.82, 2.24) is 0 Å². The first-order valence-electron chi connectivity index (χ1n) is 2.88. The number of rotatable bonds is 2. The summed E-state index contributed by atoms with van der Waals surface area (Å²) in [4.78, 5) is 10.0. The van der Waals surface area contributed by atoms with Crippen LogP contribution in [0.4, 0.5) is 0 Å². The van der Waals surface area contributed by atoms with Gasteiger partial charge in [-0.15, -0.1) is 0 Å². The van der Waals surface area contributed by atoms with Gasteiger partial charge in [0.05, 0.1) is 0 Å². The number of hydrogen-bond acceptors (Lipinski definition) is 1. The molecule has 0 aliphatic heterocycles. The van der Waals surface area contributed by atoms with Crippen LogP contribution >= 0.6 is 15.9 Å². The van der Waals surface area contributed by atoms with Crippen molar-refractivity contribution in [1.29, 1.82) is 0 Å². The van der Waals surface area contributed by atoms with Crippen molar-refractivity contribution >= 4 is 22.2 Å². The summed E-state index contributed by atoms with van der Waals surface area (Å²) in [7, 11) is 0. The summed E-state index contributed by atoms with van der Waals surface area (Å²) in [5.41, 5.74) is 0. The molecule has 2 heteroatoms. The van der Waals surface area contributed by atoms with E-state index in [-0.39, 0.29) is 0 Å². The highest BCUT2D eigenvalue weighted by Crippen LogP contribution is 2.32. The number of hydrogen-bond donors (Lipinski definition) is 0. The fourth-order valence-corrected chi connectivity index (χ4v) is 1.55. The van der Waals surface area contributed by atoms with Gasteiger partial charge in [0.25, 0.3) is 0 Å². The normalized spacial score (nSPS) is 36.1. The summed E-state index contributed by atoms with van der Waals surface area (Å²) in [5.74, 6) is 1.17. The SMILES string of the molecule is O=CC1CC(CBr)C1. The summed E-state index contributed by atoms with van der Waals surface area (Å²) >= 11 is 3.37. The zero-order valence-corrected chi connectivity index (χ0v) is 6.23. The molecule has 1 saturated carbocycles. The topological polar surface area (TPSA) is 17.1 Å². The van der Waals surface area contributed by atoms with Gasteiger partial charge in [0, 0.05) is 11.2 Å². The highest BCUT2D eigenvalue weighted by atomic mass is 79.9. The Morgan fingerprint density at radius 2 is 2.25 bits per heavy atom. The zero-order valence-electron chi connectivity index (χ0n) is 4.64. The molecular formula is C6H9BrO. The lowest BCUT2D eigenvalue weighted by Gasteiger charge is -2.29. The second-order valence-electron chi connectivity index (χ2n) is 2.39. The number of alkyl halides is 1. The van der Waals surface area contributed by atoms with E-state index in [0.717, 1.165) is 30.4 Å². The van der Waals surface area contributed by atoms with Gasteiger partial charge >= 0.3 is 0 Å². The molecule has 0 heterocycles. The molecule has 1 nitrogen and oxygen atoms in total. The van der Waals surface area contributed by atoms with Crippen molar-refractivity contribution in [3.8, 4) is 0 Å². The highest BCUT2D eigenvalue weighted by molar-refractivity contribution is 9.09. The molecule has 0 atom stereocenters. The molecule has 0 amide bonds. The first-order valence-corrected chi connectivity index (χ1v) is 4.00. The van der Waals surface area contributed by atoms with Gasteiger partial charge in [-0.3, -0.25) is 0 Å². The molecule has 1 aliphatic carbocycles. The predicted molar refractivity (Wildman–Crippen MR) is 36.1 cm³/mol. The number of carbonyl (C=O) groups excluding carboxylic acids is 1. The third kappa shape index (κ3) is 1.10. The van der Waals surface area contributed by atoms with E-state index < -0.39 is 0 Å². The van der Waals surface area contributed by atoms with Crippen molar-refractivity contribution < 1.29 is 4.79 Å². The summed E-state index contributed by atoms with van der Waals surface area (Å²) in [6, 6.07) is 0. The molecule has 0 saturated heterocycles. The zero-order chi connectivity index (χ0) is 5.98. The fraction of sp³-hybridized carbons (Fsp3) is 0.833. The largest absolute Gasteiger partial charge is 0.303 e. The van der Waals surface area contributed by atoms with Gasteiger partial charge in [-0.25, -0.2) is 0 Å². The van der Waals surface area contributed by atoms with Gasteiger partial charge in [-0.1, -0.05) is 15.9 Å². The summed E-state index contributed by atoms with van der Waals surface area (Å²) in [5, 5.41) is 1.07. The van der Waals surface area contributed by atoms with Gasteiger partial charge in [0.15, 0.2) is 0 Å². The van der Waals surface area contributed by atoms with Gasteiger partial charge in [-0.2, -0.15) is 0 Å². The van der Waals surface area contributed by atoms with E-state index in [1.165, 1.54) is 0 Å². The van der Waals surface area contributed by atoms with E-state index >= 15 is 0 Å². The van der Waals surface area contributed by atoms with E-state index in [2.05, 4.69) is 15.9 Å². The van der Waals surface area contributed by atoms with Crippen LogP contribution < -0.4 is 0 Å². The van der Waals surface area contributed by atoms with E-state index in [4.69, 9.17) is 0 Å². The van der Waals surface area contributed by atoms with Crippen molar-refractivity contribution in [3.63, 3.8) is 0 Å². The molecule has 0 radical (unpaired) electrons. The molecule has 0 aromatic carbocycles. The average Bonchev–Trinajstić information content (AvgIpc) is 1.65. The van der Waals surface area contributed by atoms with Crippen LogP contribution in [0.25, 0.3) is 0 Å². The van der Waals surface area contributed by atoms with Crippen LogP contribution in [0, 0.1) is 11.8 Å². The number of aldehydes is 1. The lowest BCUT2D eigenvalue weighted by molar-refractivity contribution is -0.114. The molecule has 1 aliphatic rings. The third-order valence-electron chi connectivity index (χ3n) is 1.68. The molecule has 46 valence electrons. The van der Waals surface area contributed by atoms with Crippen LogP contribution in [-0.4, -0.2) is 11.6 Å². The number of halogens is 1.